The van der Waals surface area contributed by atoms with Gasteiger partial charge in [0.2, 0.25) is 5.78 Å². The molecule has 0 aliphatic heterocycles. The Labute approximate surface area is 167 Å². The lowest BCUT2D eigenvalue weighted by Crippen LogP contribution is -1.90. The average Bonchev–Trinajstić information content (AvgIpc) is 3.20. The normalized spacial score (nSPS) is 11.1. The summed E-state index contributed by atoms with van der Waals surface area (Å²) < 4.78 is 17.7. The number of hydrogen-bond acceptors (Lipinski definition) is 7. The van der Waals surface area contributed by atoms with E-state index in [4.69, 9.17) is 14.2 Å². The SMILES string of the molecule is COc1ccc(N=Nc2cnc3nc(-c4ccc(OC)cc4OC)cn3c2)cc1. The van der Waals surface area contributed by atoms with Crippen LogP contribution in [0.1, 0.15) is 0 Å². The third kappa shape index (κ3) is 3.86. The van der Waals surface area contributed by atoms with Gasteiger partial charge in [-0.25, -0.2) is 9.97 Å². The highest BCUT2D eigenvalue weighted by Crippen LogP contribution is 2.33. The zero-order valence-electron chi connectivity index (χ0n) is 16.2. The molecular weight excluding hydrogens is 370 g/mol. The topological polar surface area (TPSA) is 82.6 Å². The predicted octanol–water partition coefficient (Wildman–Crippen LogP) is 4.84. The number of nitrogens with zero attached hydrogens (tertiary/aromatic N) is 5. The predicted molar refractivity (Wildman–Crippen MR) is 109 cm³/mol. The minimum absolute atomic E-state index is 0.557. The van der Waals surface area contributed by atoms with Crippen LogP contribution in [-0.4, -0.2) is 35.7 Å². The van der Waals surface area contributed by atoms with Gasteiger partial charge < -0.3 is 14.2 Å². The molecule has 0 aliphatic carbocycles. The van der Waals surface area contributed by atoms with E-state index in [-0.39, 0.29) is 0 Å². The van der Waals surface area contributed by atoms with E-state index >= 15 is 0 Å². The fourth-order valence-electron chi connectivity index (χ4n) is 2.83. The maximum atomic E-state index is 5.47. The van der Waals surface area contributed by atoms with Crippen LogP contribution in [-0.2, 0) is 0 Å². The van der Waals surface area contributed by atoms with Crippen molar-refractivity contribution in [3.05, 3.63) is 61.1 Å². The molecule has 0 aliphatic rings. The average molecular weight is 389 g/mol. The van der Waals surface area contributed by atoms with Crippen molar-refractivity contribution in [1.82, 2.24) is 14.4 Å². The fraction of sp³-hybridized carbons (Fsp3) is 0.143. The van der Waals surface area contributed by atoms with Gasteiger partial charge in [-0.1, -0.05) is 0 Å². The number of fused-ring (bicyclic) bond motifs is 1. The largest absolute Gasteiger partial charge is 0.497 e. The third-order valence-electron chi connectivity index (χ3n) is 4.33. The van der Waals surface area contributed by atoms with Crippen molar-refractivity contribution in [2.75, 3.05) is 21.3 Å². The van der Waals surface area contributed by atoms with Crippen LogP contribution in [0, 0.1) is 0 Å². The molecular formula is C21H19N5O3. The van der Waals surface area contributed by atoms with E-state index in [0.717, 1.165) is 22.7 Å². The molecule has 0 unspecified atom stereocenters. The van der Waals surface area contributed by atoms with Gasteiger partial charge in [0.1, 0.15) is 22.9 Å². The van der Waals surface area contributed by atoms with Gasteiger partial charge in [-0.2, -0.15) is 5.11 Å². The second kappa shape index (κ2) is 7.97. The van der Waals surface area contributed by atoms with Gasteiger partial charge in [0.25, 0.3) is 0 Å². The number of imidazole rings is 1. The van der Waals surface area contributed by atoms with E-state index in [9.17, 15) is 0 Å². The Balaban J connectivity index is 1.63. The molecule has 0 bridgehead atoms. The lowest BCUT2D eigenvalue weighted by molar-refractivity contribution is 0.395. The molecule has 0 N–H and O–H groups in total. The second-order valence-electron chi connectivity index (χ2n) is 6.11. The second-order valence-corrected chi connectivity index (χ2v) is 6.11. The summed E-state index contributed by atoms with van der Waals surface area (Å²) in [4.78, 5) is 8.94. The lowest BCUT2D eigenvalue weighted by atomic mass is 10.1. The van der Waals surface area contributed by atoms with Crippen molar-refractivity contribution >= 4 is 17.2 Å². The van der Waals surface area contributed by atoms with E-state index in [1.54, 1.807) is 31.9 Å². The van der Waals surface area contributed by atoms with Gasteiger partial charge in [-0.15, -0.1) is 5.11 Å². The molecule has 29 heavy (non-hydrogen) atoms. The summed E-state index contributed by atoms with van der Waals surface area (Å²) in [6.07, 6.45) is 5.32. The first-order valence-electron chi connectivity index (χ1n) is 8.83. The highest BCUT2D eigenvalue weighted by atomic mass is 16.5. The van der Waals surface area contributed by atoms with Gasteiger partial charge in [0, 0.05) is 24.0 Å². The van der Waals surface area contributed by atoms with Crippen molar-refractivity contribution in [3.63, 3.8) is 0 Å². The summed E-state index contributed by atoms with van der Waals surface area (Å²) in [5.41, 5.74) is 2.92. The van der Waals surface area contributed by atoms with Crippen LogP contribution in [0.2, 0.25) is 0 Å². The molecule has 0 spiro atoms. The number of methoxy groups -OCH3 is 3. The molecule has 4 rings (SSSR count). The number of ether oxygens (including phenoxy) is 3. The molecule has 0 atom stereocenters. The Hall–Kier alpha value is -3.94. The first-order chi connectivity index (χ1) is 14.2. The summed E-state index contributed by atoms with van der Waals surface area (Å²) >= 11 is 0. The van der Waals surface area contributed by atoms with Gasteiger partial charge >= 0.3 is 0 Å². The number of azo groups is 1. The van der Waals surface area contributed by atoms with Gasteiger partial charge in [-0.3, -0.25) is 4.40 Å². The Morgan fingerprint density at radius 1 is 0.793 bits per heavy atom. The first-order valence-corrected chi connectivity index (χ1v) is 8.83. The van der Waals surface area contributed by atoms with Gasteiger partial charge in [0.15, 0.2) is 0 Å². The molecule has 2 heterocycles. The van der Waals surface area contributed by atoms with Crippen LogP contribution in [0.4, 0.5) is 11.4 Å². The number of rotatable bonds is 6. The summed E-state index contributed by atoms with van der Waals surface area (Å²) in [6.45, 7) is 0. The van der Waals surface area contributed by atoms with Gasteiger partial charge in [0.05, 0.1) is 38.9 Å². The van der Waals surface area contributed by atoms with E-state index in [1.165, 1.54) is 0 Å². The maximum Gasteiger partial charge on any atom is 0.234 e. The van der Waals surface area contributed by atoms with Crippen molar-refractivity contribution in [2.24, 2.45) is 10.2 Å². The van der Waals surface area contributed by atoms with E-state index in [1.807, 2.05) is 54.9 Å². The first kappa shape index (κ1) is 18.4. The summed E-state index contributed by atoms with van der Waals surface area (Å²) in [5, 5.41) is 8.48. The molecule has 0 amide bonds. The quantitative estimate of drug-likeness (QED) is 0.441. The summed E-state index contributed by atoms with van der Waals surface area (Å²) in [7, 11) is 4.85. The van der Waals surface area contributed by atoms with E-state index in [2.05, 4.69) is 20.2 Å². The third-order valence-corrected chi connectivity index (χ3v) is 4.33. The van der Waals surface area contributed by atoms with E-state index in [0.29, 0.717) is 23.0 Å². The minimum atomic E-state index is 0.557. The Morgan fingerprint density at radius 2 is 1.52 bits per heavy atom. The van der Waals surface area contributed by atoms with Crippen LogP contribution in [0.3, 0.4) is 0 Å². The monoisotopic (exact) mass is 389 g/mol. The van der Waals surface area contributed by atoms with Crippen LogP contribution >= 0.6 is 0 Å². The highest BCUT2D eigenvalue weighted by molar-refractivity contribution is 5.70. The summed E-state index contributed by atoms with van der Waals surface area (Å²) in [5.74, 6) is 2.72. The Bertz CT molecular complexity index is 1170. The Morgan fingerprint density at radius 3 is 2.24 bits per heavy atom. The fourth-order valence-corrected chi connectivity index (χ4v) is 2.83. The van der Waals surface area contributed by atoms with Crippen LogP contribution in [0.5, 0.6) is 17.2 Å². The Kier molecular flexibility index (Phi) is 5.07. The number of aromatic nitrogens is 3. The van der Waals surface area contributed by atoms with Crippen LogP contribution in [0.25, 0.3) is 17.0 Å². The van der Waals surface area contributed by atoms with Crippen molar-refractivity contribution in [1.29, 1.82) is 0 Å². The smallest absolute Gasteiger partial charge is 0.234 e. The standard InChI is InChI=1S/C21H19N5O3/c1-27-16-6-4-14(5-7-16)24-25-15-11-22-21-23-19(13-26(21)12-15)18-9-8-17(28-2)10-20(18)29-3/h4-13H,1-3H3. The molecule has 4 aromatic rings. The van der Waals surface area contributed by atoms with Gasteiger partial charge in [-0.05, 0) is 36.4 Å². The highest BCUT2D eigenvalue weighted by Gasteiger charge is 2.12. The molecule has 2 aromatic heterocycles. The van der Waals surface area contributed by atoms with Crippen molar-refractivity contribution in [2.45, 2.75) is 0 Å². The molecule has 8 nitrogen and oxygen atoms in total. The molecule has 2 aromatic carbocycles. The molecule has 146 valence electrons. The molecule has 0 saturated carbocycles. The molecule has 0 radical (unpaired) electrons. The number of hydrogen-bond donors (Lipinski definition) is 0. The summed E-state index contributed by atoms with van der Waals surface area (Å²) in [6, 6.07) is 12.9. The van der Waals surface area contributed by atoms with E-state index < -0.39 is 0 Å². The van der Waals surface area contributed by atoms with Crippen molar-refractivity contribution in [3.8, 4) is 28.5 Å². The zero-order chi connectivity index (χ0) is 20.2. The van der Waals surface area contributed by atoms with Crippen molar-refractivity contribution < 1.29 is 14.2 Å². The van der Waals surface area contributed by atoms with Crippen LogP contribution in [0.15, 0.2) is 71.3 Å². The van der Waals surface area contributed by atoms with Crippen LogP contribution < -0.4 is 14.2 Å². The molecule has 8 heteroatoms. The molecule has 0 saturated heterocycles. The maximum absolute atomic E-state index is 5.47. The zero-order valence-corrected chi connectivity index (χ0v) is 16.2. The lowest BCUT2D eigenvalue weighted by Gasteiger charge is -2.08. The molecule has 0 fully saturated rings. The minimum Gasteiger partial charge on any atom is -0.497 e. The number of benzene rings is 2.